The maximum atomic E-state index is 13.5. The van der Waals surface area contributed by atoms with Gasteiger partial charge in [-0.2, -0.15) is 0 Å². The van der Waals surface area contributed by atoms with Crippen LogP contribution in [0.15, 0.2) is 72.3 Å². The fourth-order valence-corrected chi connectivity index (χ4v) is 4.01. The Labute approximate surface area is 174 Å². The Morgan fingerprint density at radius 1 is 1.00 bits per heavy atom. The summed E-state index contributed by atoms with van der Waals surface area (Å²) in [5.41, 5.74) is 1.13. The number of rotatable bonds is 5. The Bertz CT molecular complexity index is 1150. The molecule has 3 aromatic rings. The van der Waals surface area contributed by atoms with Crippen LogP contribution in [0.4, 0.5) is 4.39 Å². The quantitative estimate of drug-likeness (QED) is 0.362. The molecule has 3 aromatic carbocycles. The number of fused-ring (bicyclic) bond motifs is 1. The minimum absolute atomic E-state index is 0.0408. The highest BCUT2D eigenvalue weighted by Gasteiger charge is 2.45. The average Bonchev–Trinajstić information content (AvgIpc) is 3.02. The van der Waals surface area contributed by atoms with E-state index in [4.69, 9.17) is 0 Å². The highest BCUT2D eigenvalue weighted by atomic mass is 19.1. The van der Waals surface area contributed by atoms with E-state index in [1.807, 2.05) is 37.3 Å². The van der Waals surface area contributed by atoms with E-state index in [9.17, 15) is 19.1 Å². The Kier molecular flexibility index (Phi) is 5.36. The van der Waals surface area contributed by atoms with Crippen LogP contribution in [-0.4, -0.2) is 28.2 Å². The van der Waals surface area contributed by atoms with Crippen molar-refractivity contribution in [2.45, 2.75) is 25.8 Å². The summed E-state index contributed by atoms with van der Waals surface area (Å²) >= 11 is 0. The minimum Gasteiger partial charge on any atom is -0.507 e. The monoisotopic (exact) mass is 403 g/mol. The van der Waals surface area contributed by atoms with Gasteiger partial charge in [0.2, 0.25) is 0 Å². The van der Waals surface area contributed by atoms with Gasteiger partial charge in [0.25, 0.3) is 11.7 Å². The summed E-state index contributed by atoms with van der Waals surface area (Å²) in [5, 5.41) is 12.9. The van der Waals surface area contributed by atoms with Gasteiger partial charge in [0.1, 0.15) is 11.6 Å². The summed E-state index contributed by atoms with van der Waals surface area (Å²) in [6, 6.07) is 18.0. The van der Waals surface area contributed by atoms with Crippen LogP contribution in [0.3, 0.4) is 0 Å². The van der Waals surface area contributed by atoms with Gasteiger partial charge in [-0.3, -0.25) is 9.59 Å². The standard InChI is InChI=1S/C25H22FNO3/c1-2-3-15-27-22(17-11-13-18(26)14-12-17)21(24(29)25(27)30)23(28)20-10-6-8-16-7-4-5-9-19(16)20/h4-14,22,28H,2-3,15H2,1H3/b23-21-. The Hall–Kier alpha value is -3.47. The van der Waals surface area contributed by atoms with Gasteiger partial charge in [0, 0.05) is 12.1 Å². The molecule has 0 aromatic heterocycles. The first-order chi connectivity index (χ1) is 14.5. The number of halogens is 1. The number of likely N-dealkylation sites (tertiary alicyclic amines) is 1. The minimum atomic E-state index is -0.754. The highest BCUT2D eigenvalue weighted by Crippen LogP contribution is 2.40. The molecule has 1 atom stereocenters. The van der Waals surface area contributed by atoms with Crippen molar-refractivity contribution in [1.82, 2.24) is 4.90 Å². The van der Waals surface area contributed by atoms with Crippen molar-refractivity contribution < 1.29 is 19.1 Å². The normalized spacial score (nSPS) is 18.3. The predicted octanol–water partition coefficient (Wildman–Crippen LogP) is 5.20. The number of unbranched alkanes of at least 4 members (excludes halogenated alkanes) is 1. The SMILES string of the molecule is CCCCN1C(=O)C(=O)/C(=C(\O)c2cccc3ccccc23)C1c1ccc(F)cc1. The van der Waals surface area contributed by atoms with Crippen LogP contribution in [0.2, 0.25) is 0 Å². The summed E-state index contributed by atoms with van der Waals surface area (Å²) in [4.78, 5) is 27.3. The van der Waals surface area contributed by atoms with E-state index < -0.39 is 23.5 Å². The zero-order valence-corrected chi connectivity index (χ0v) is 16.6. The molecular formula is C25H22FNO3. The molecule has 1 aliphatic heterocycles. The average molecular weight is 403 g/mol. The topological polar surface area (TPSA) is 57.6 Å². The van der Waals surface area contributed by atoms with Gasteiger partial charge in [0.05, 0.1) is 11.6 Å². The number of aliphatic hydroxyl groups excluding tert-OH is 1. The molecule has 5 heteroatoms. The lowest BCUT2D eigenvalue weighted by Gasteiger charge is -2.25. The molecule has 1 N–H and O–H groups in total. The summed E-state index contributed by atoms with van der Waals surface area (Å²) < 4.78 is 13.5. The Balaban J connectivity index is 1.93. The van der Waals surface area contributed by atoms with Crippen LogP contribution >= 0.6 is 0 Å². The molecule has 1 saturated heterocycles. The predicted molar refractivity (Wildman–Crippen MR) is 114 cm³/mol. The number of hydrogen-bond acceptors (Lipinski definition) is 3. The largest absolute Gasteiger partial charge is 0.507 e. The van der Waals surface area contributed by atoms with E-state index in [0.717, 1.165) is 23.6 Å². The van der Waals surface area contributed by atoms with Crippen LogP contribution in [0.5, 0.6) is 0 Å². The van der Waals surface area contributed by atoms with Crippen LogP contribution in [0.25, 0.3) is 16.5 Å². The second-order valence-electron chi connectivity index (χ2n) is 7.42. The third kappa shape index (κ3) is 3.36. The van der Waals surface area contributed by atoms with Crippen LogP contribution < -0.4 is 0 Å². The van der Waals surface area contributed by atoms with Gasteiger partial charge in [-0.05, 0) is 34.9 Å². The lowest BCUT2D eigenvalue weighted by atomic mass is 9.93. The zero-order valence-electron chi connectivity index (χ0n) is 16.6. The fourth-order valence-electron chi connectivity index (χ4n) is 4.01. The number of carbonyl (C=O) groups excluding carboxylic acids is 2. The fraction of sp³-hybridized carbons (Fsp3) is 0.200. The first-order valence-corrected chi connectivity index (χ1v) is 10.0. The molecule has 1 aliphatic rings. The highest BCUT2D eigenvalue weighted by molar-refractivity contribution is 6.46. The number of Topliss-reactive ketones (excluding diaryl/α,β-unsaturated/α-hetero) is 1. The van der Waals surface area contributed by atoms with E-state index >= 15 is 0 Å². The van der Waals surface area contributed by atoms with Crippen molar-refractivity contribution in [3.8, 4) is 0 Å². The van der Waals surface area contributed by atoms with Crippen LogP contribution in [0, 0.1) is 5.82 Å². The molecule has 1 heterocycles. The van der Waals surface area contributed by atoms with Crippen molar-refractivity contribution in [2.24, 2.45) is 0 Å². The van der Waals surface area contributed by atoms with Gasteiger partial charge >= 0.3 is 0 Å². The molecule has 0 aliphatic carbocycles. The van der Waals surface area contributed by atoms with E-state index in [0.29, 0.717) is 17.7 Å². The van der Waals surface area contributed by atoms with Gasteiger partial charge in [-0.15, -0.1) is 0 Å². The Morgan fingerprint density at radius 2 is 1.70 bits per heavy atom. The van der Waals surface area contributed by atoms with E-state index in [1.165, 1.54) is 17.0 Å². The lowest BCUT2D eigenvalue weighted by Crippen LogP contribution is -2.30. The van der Waals surface area contributed by atoms with Gasteiger partial charge in [0.15, 0.2) is 0 Å². The molecule has 0 spiro atoms. The first-order valence-electron chi connectivity index (χ1n) is 10.0. The zero-order chi connectivity index (χ0) is 21.3. The molecule has 0 bridgehead atoms. The number of nitrogens with zero attached hydrogens (tertiary/aromatic N) is 1. The van der Waals surface area contributed by atoms with Gasteiger partial charge in [-0.25, -0.2) is 4.39 Å². The van der Waals surface area contributed by atoms with Crippen LogP contribution in [-0.2, 0) is 9.59 Å². The molecule has 1 amide bonds. The van der Waals surface area contributed by atoms with Crippen molar-refractivity contribution in [1.29, 1.82) is 0 Å². The Morgan fingerprint density at radius 3 is 2.43 bits per heavy atom. The van der Waals surface area contributed by atoms with Crippen LogP contribution in [0.1, 0.15) is 36.9 Å². The second-order valence-corrected chi connectivity index (χ2v) is 7.42. The van der Waals surface area contributed by atoms with E-state index in [2.05, 4.69) is 0 Å². The third-order valence-corrected chi connectivity index (χ3v) is 5.52. The van der Waals surface area contributed by atoms with Crippen molar-refractivity contribution in [2.75, 3.05) is 6.54 Å². The molecule has 1 unspecified atom stereocenters. The molecular weight excluding hydrogens is 381 g/mol. The molecule has 0 radical (unpaired) electrons. The lowest BCUT2D eigenvalue weighted by molar-refractivity contribution is -0.139. The number of benzene rings is 3. The third-order valence-electron chi connectivity index (χ3n) is 5.52. The number of amides is 1. The summed E-state index contributed by atoms with van der Waals surface area (Å²) in [5.74, 6) is -1.97. The number of aliphatic hydroxyl groups is 1. The van der Waals surface area contributed by atoms with Gasteiger partial charge < -0.3 is 10.0 Å². The van der Waals surface area contributed by atoms with Crippen molar-refractivity contribution >= 4 is 28.2 Å². The van der Waals surface area contributed by atoms with E-state index in [1.54, 1.807) is 24.3 Å². The van der Waals surface area contributed by atoms with E-state index in [-0.39, 0.29) is 11.3 Å². The summed E-state index contributed by atoms with van der Waals surface area (Å²) in [6.45, 7) is 2.38. The van der Waals surface area contributed by atoms with Crippen molar-refractivity contribution in [3.05, 3.63) is 89.2 Å². The maximum absolute atomic E-state index is 13.5. The molecule has 1 fully saturated rings. The van der Waals surface area contributed by atoms with Crippen molar-refractivity contribution in [3.63, 3.8) is 0 Å². The molecule has 0 saturated carbocycles. The van der Waals surface area contributed by atoms with Gasteiger partial charge in [-0.1, -0.05) is 67.9 Å². The maximum Gasteiger partial charge on any atom is 0.295 e. The molecule has 4 nitrogen and oxygen atoms in total. The second kappa shape index (κ2) is 8.11. The summed E-state index contributed by atoms with van der Waals surface area (Å²) in [6.07, 6.45) is 1.57. The molecule has 30 heavy (non-hydrogen) atoms. The summed E-state index contributed by atoms with van der Waals surface area (Å²) in [7, 11) is 0. The smallest absolute Gasteiger partial charge is 0.295 e. The first kappa shape index (κ1) is 19.8. The molecule has 152 valence electrons. The number of hydrogen-bond donors (Lipinski definition) is 1. The number of ketones is 1. The number of carbonyl (C=O) groups is 2. The molecule has 4 rings (SSSR count).